The average Bonchev–Trinajstić information content (AvgIpc) is 3.24. The third-order valence-electron chi connectivity index (χ3n) is 6.92. The number of rotatable bonds is 7. The van der Waals surface area contributed by atoms with E-state index in [2.05, 4.69) is 51.7 Å². The van der Waals surface area contributed by atoms with Gasteiger partial charge in [0.1, 0.15) is 11.6 Å². The first kappa shape index (κ1) is 28.3. The Morgan fingerprint density at radius 3 is 2.81 bits per heavy atom. The van der Waals surface area contributed by atoms with Crippen LogP contribution in [0.2, 0.25) is 0 Å². The Hall–Kier alpha value is -1.71. The van der Waals surface area contributed by atoms with E-state index in [0.29, 0.717) is 17.2 Å². The molecule has 2 aromatic carbocycles. The van der Waals surface area contributed by atoms with E-state index < -0.39 is 0 Å². The molecule has 0 bridgehead atoms. The van der Waals surface area contributed by atoms with E-state index in [-0.39, 0.29) is 38.1 Å². The van der Waals surface area contributed by atoms with Crippen molar-refractivity contribution in [3.05, 3.63) is 93.4 Å². The second-order valence-corrected chi connectivity index (χ2v) is 12.4. The van der Waals surface area contributed by atoms with Crippen molar-refractivity contribution in [3.8, 4) is 5.75 Å². The zero-order chi connectivity index (χ0) is 24.9. The zero-order valence-corrected chi connectivity index (χ0v) is 25.4. The molecule has 0 spiro atoms. The molecule has 2 N–H and O–H groups in total. The number of phenols is 1. The molecule has 0 aliphatic carbocycles. The van der Waals surface area contributed by atoms with Crippen LogP contribution in [-0.4, -0.2) is 43.1 Å². The molecule has 2 aromatic rings. The molecule has 8 heteroatoms. The number of hydrogen-bond acceptors (Lipinski definition) is 5. The van der Waals surface area contributed by atoms with Crippen LogP contribution in [0.4, 0.5) is 0 Å². The average molecular weight is 714 g/mol. The van der Waals surface area contributed by atoms with E-state index in [4.69, 9.17) is 0 Å². The van der Waals surface area contributed by atoms with Gasteiger partial charge in [0.05, 0.1) is 6.29 Å². The largest absolute Gasteiger partial charge is 0.507 e. The first-order chi connectivity index (χ1) is 17.6. The standard InChI is InChI=1S/C29H30BrIN3O2.Mn/c30-26-16-31-34-27(26)12-5-10-22(25-11-3-4-13-28(25)36)15-29(34)32-17-21-7-6-14-33(18-21)19-23-8-1-2-9-24(23)20-35;/h1-4,8-11,13,15-16,21,32,36H,5-7,12,14,17-19H2;/q-1;/b22-10?,29-15-;. The molecule has 0 aromatic heterocycles. The first-order valence-electron chi connectivity index (χ1n) is 12.4. The molecule has 3 heterocycles. The van der Waals surface area contributed by atoms with Gasteiger partial charge in [-0.25, -0.2) is 0 Å². The fourth-order valence-electron chi connectivity index (χ4n) is 5.09. The number of likely N-dealkylation sites (tertiary alicyclic amines) is 1. The van der Waals surface area contributed by atoms with Crippen molar-refractivity contribution in [2.45, 2.75) is 32.2 Å². The van der Waals surface area contributed by atoms with Gasteiger partial charge < -0.3 is 20.1 Å². The number of para-hydroxylation sites is 1. The van der Waals surface area contributed by atoms with Crippen molar-refractivity contribution >= 4 is 52.8 Å². The molecule has 1 radical (unpaired) electrons. The smallest absolute Gasteiger partial charge is 0.123 e. The van der Waals surface area contributed by atoms with Gasteiger partial charge in [-0.2, -0.15) is 6.07 Å². The van der Waals surface area contributed by atoms with Crippen LogP contribution in [0.15, 0.2) is 76.7 Å². The van der Waals surface area contributed by atoms with Crippen molar-refractivity contribution in [2.24, 2.45) is 5.92 Å². The summed E-state index contributed by atoms with van der Waals surface area (Å²) in [5.74, 6) is 1.96. The topological polar surface area (TPSA) is 55.8 Å². The molecule has 195 valence electrons. The summed E-state index contributed by atoms with van der Waals surface area (Å²) >= 11 is 3.49. The quantitative estimate of drug-likeness (QED) is 0.160. The van der Waals surface area contributed by atoms with Gasteiger partial charge >= 0.3 is 0 Å². The van der Waals surface area contributed by atoms with Crippen molar-refractivity contribution < 1.29 is 27.0 Å². The van der Waals surface area contributed by atoms with Gasteiger partial charge in [-0.1, -0.05) is 30.3 Å². The molecular weight excluding hydrogens is 684 g/mol. The SMILES string of the molecule is O=[C-]c1ccccc1CN1CCCC(CN/C2=C/C(c3ccccc3O)=CCCC3=C(Br)C=IN32)C1.[Mn]. The molecule has 0 amide bonds. The molecule has 1 saturated heterocycles. The minimum atomic E-state index is -0.287. The number of phenolic OH excluding ortho intramolecular Hbond substituents is 1. The summed E-state index contributed by atoms with van der Waals surface area (Å²) < 4.78 is 6.02. The number of nitrogens with zero attached hydrogens (tertiary/aromatic N) is 2. The molecule has 1 atom stereocenters. The number of nitrogens with one attached hydrogen (secondary N) is 1. The summed E-state index contributed by atoms with van der Waals surface area (Å²) in [6.45, 7) is 3.74. The van der Waals surface area contributed by atoms with Crippen LogP contribution in [0.25, 0.3) is 5.57 Å². The second kappa shape index (κ2) is 13.4. The van der Waals surface area contributed by atoms with Gasteiger partial charge in [0.25, 0.3) is 0 Å². The minimum Gasteiger partial charge on any atom is -0.507 e. The van der Waals surface area contributed by atoms with Crippen LogP contribution in [0.3, 0.4) is 0 Å². The number of benzene rings is 2. The van der Waals surface area contributed by atoms with Crippen molar-refractivity contribution in [3.63, 3.8) is 0 Å². The van der Waals surface area contributed by atoms with Gasteiger partial charge in [0, 0.05) is 70.9 Å². The maximum absolute atomic E-state index is 11.3. The van der Waals surface area contributed by atoms with Gasteiger partial charge in [-0.05, 0) is 78.3 Å². The zero-order valence-electron chi connectivity index (χ0n) is 20.5. The van der Waals surface area contributed by atoms with Crippen molar-refractivity contribution in [2.75, 3.05) is 19.6 Å². The molecule has 37 heavy (non-hydrogen) atoms. The Kier molecular flexibility index (Phi) is 10.2. The summed E-state index contributed by atoms with van der Waals surface area (Å²) in [5, 5.41) is 14.3. The second-order valence-electron chi connectivity index (χ2n) is 9.41. The number of aromatic hydroxyl groups is 1. The predicted molar refractivity (Wildman–Crippen MR) is 159 cm³/mol. The summed E-state index contributed by atoms with van der Waals surface area (Å²) in [4.78, 5) is 13.8. The van der Waals surface area contributed by atoms with Crippen LogP contribution in [0, 0.1) is 5.92 Å². The van der Waals surface area contributed by atoms with Gasteiger partial charge in [-0.3, -0.25) is 3.11 Å². The number of fused-ring (bicyclic) bond motifs is 1. The molecule has 1 fully saturated rings. The summed E-state index contributed by atoms with van der Waals surface area (Å²) in [5.41, 5.74) is 5.01. The van der Waals surface area contributed by atoms with Crippen molar-refractivity contribution in [1.82, 2.24) is 13.3 Å². The van der Waals surface area contributed by atoms with E-state index in [1.165, 1.54) is 16.6 Å². The molecule has 1 unspecified atom stereocenters. The molecule has 0 saturated carbocycles. The Morgan fingerprint density at radius 2 is 1.97 bits per heavy atom. The first-order valence-corrected chi connectivity index (χ1v) is 15.4. The molecule has 5 nitrogen and oxygen atoms in total. The number of allylic oxidation sites excluding steroid dienone is 5. The van der Waals surface area contributed by atoms with E-state index in [9.17, 15) is 9.90 Å². The van der Waals surface area contributed by atoms with Crippen LogP contribution < -0.4 is 5.32 Å². The summed E-state index contributed by atoms with van der Waals surface area (Å²) in [6, 6.07) is 15.4. The minimum absolute atomic E-state index is 0. The molecular formula is C29H30BrIMnN3O2-. The summed E-state index contributed by atoms with van der Waals surface area (Å²) in [7, 11) is 0. The normalized spacial score (nSPS) is 21.4. The Labute approximate surface area is 248 Å². The van der Waals surface area contributed by atoms with E-state index in [1.54, 1.807) is 6.07 Å². The van der Waals surface area contributed by atoms with Crippen LogP contribution in [0.1, 0.15) is 42.4 Å². The van der Waals surface area contributed by atoms with Gasteiger partial charge in [0.2, 0.25) is 0 Å². The third-order valence-corrected chi connectivity index (χ3v) is 11.0. The van der Waals surface area contributed by atoms with Gasteiger partial charge in [-0.15, -0.1) is 23.3 Å². The molecule has 3 aliphatic rings. The third kappa shape index (κ3) is 6.84. The Balaban J connectivity index is 0.00000320. The number of piperidine rings is 1. The summed E-state index contributed by atoms with van der Waals surface area (Å²) in [6.07, 6.45) is 10.8. The van der Waals surface area contributed by atoms with Crippen LogP contribution >= 0.6 is 36.9 Å². The van der Waals surface area contributed by atoms with E-state index in [0.717, 1.165) is 68.0 Å². The fraction of sp³-hybridized carbons (Fsp3) is 0.310. The maximum atomic E-state index is 11.3. The van der Waals surface area contributed by atoms with E-state index in [1.807, 2.05) is 42.5 Å². The van der Waals surface area contributed by atoms with Crippen LogP contribution in [0.5, 0.6) is 5.75 Å². The Morgan fingerprint density at radius 1 is 1.16 bits per heavy atom. The number of carbonyl (C=O) groups excluding carboxylic acids is 1. The van der Waals surface area contributed by atoms with Crippen LogP contribution in [-0.2, 0) is 28.4 Å². The Bertz CT molecular complexity index is 1260. The molecule has 5 rings (SSSR count). The van der Waals surface area contributed by atoms with Gasteiger partial charge in [0.15, 0.2) is 0 Å². The predicted octanol–water partition coefficient (Wildman–Crippen LogP) is 5.98. The van der Waals surface area contributed by atoms with Crippen molar-refractivity contribution in [1.29, 1.82) is 0 Å². The number of hydrogen-bond donors (Lipinski definition) is 2. The number of halogens is 2. The molecule has 3 aliphatic heterocycles. The fourth-order valence-corrected chi connectivity index (χ4v) is 8.64. The monoisotopic (exact) mass is 713 g/mol. The van der Waals surface area contributed by atoms with E-state index >= 15 is 0 Å². The maximum Gasteiger partial charge on any atom is 0.123 e.